The fraction of sp³-hybridized carbons (Fsp3) is 0.0625. The fourth-order valence-corrected chi connectivity index (χ4v) is 4.29. The maximum Gasteiger partial charge on any atom is 0.258 e. The first-order valence-corrected chi connectivity index (χ1v) is 10.3. The summed E-state index contributed by atoms with van der Waals surface area (Å²) in [4.78, 5) is 12.2. The highest BCUT2D eigenvalue weighted by atomic mass is 79.9. The van der Waals surface area contributed by atoms with Crippen molar-refractivity contribution in [3.05, 3.63) is 68.6 Å². The average molecular weight is 485 g/mol. The van der Waals surface area contributed by atoms with E-state index in [0.29, 0.717) is 10.7 Å². The summed E-state index contributed by atoms with van der Waals surface area (Å²) in [6, 6.07) is 15.4. The molecule has 0 aliphatic rings. The van der Waals surface area contributed by atoms with Gasteiger partial charge in [-0.1, -0.05) is 63.3 Å². The molecule has 8 heteroatoms. The number of nitrogens with one attached hydrogen (secondary N) is 1. The van der Waals surface area contributed by atoms with E-state index in [1.54, 1.807) is 17.8 Å². The van der Waals surface area contributed by atoms with Gasteiger partial charge in [-0.25, -0.2) is 0 Å². The molecule has 0 unspecified atom stereocenters. The van der Waals surface area contributed by atoms with Gasteiger partial charge in [0.05, 0.1) is 5.56 Å². The molecule has 0 aliphatic heterocycles. The molecule has 0 bridgehead atoms. The Kier molecular flexibility index (Phi) is 6.04. The molecule has 0 radical (unpaired) electrons. The molecule has 0 fully saturated rings. The molecule has 122 valence electrons. The van der Waals surface area contributed by atoms with Gasteiger partial charge in [-0.05, 0) is 45.8 Å². The lowest BCUT2D eigenvalue weighted by Gasteiger charge is -2.02. The number of halogens is 2. The van der Waals surface area contributed by atoms with E-state index in [9.17, 15) is 4.79 Å². The summed E-state index contributed by atoms with van der Waals surface area (Å²) in [6.07, 6.45) is 0. The summed E-state index contributed by atoms with van der Waals surface area (Å²) in [5.41, 5.74) is 1.77. The molecule has 0 spiro atoms. The number of thioether (sulfide) groups is 1. The van der Waals surface area contributed by atoms with E-state index in [2.05, 4.69) is 59.5 Å². The van der Waals surface area contributed by atoms with Crippen molar-refractivity contribution in [1.82, 2.24) is 10.2 Å². The van der Waals surface area contributed by atoms with Gasteiger partial charge < -0.3 is 0 Å². The van der Waals surface area contributed by atoms with Gasteiger partial charge in [0.25, 0.3) is 5.91 Å². The van der Waals surface area contributed by atoms with Crippen LogP contribution in [-0.2, 0) is 5.75 Å². The molecule has 0 saturated heterocycles. The van der Waals surface area contributed by atoms with Gasteiger partial charge >= 0.3 is 0 Å². The summed E-state index contributed by atoms with van der Waals surface area (Å²) < 4.78 is 2.63. The molecule has 4 nitrogen and oxygen atoms in total. The van der Waals surface area contributed by atoms with Crippen molar-refractivity contribution in [2.45, 2.75) is 10.1 Å². The topological polar surface area (TPSA) is 54.9 Å². The Bertz CT molecular complexity index is 853. The third-order valence-corrected chi connectivity index (χ3v) is 6.28. The molecule has 1 amide bonds. The van der Waals surface area contributed by atoms with Crippen LogP contribution in [0.3, 0.4) is 0 Å². The molecule has 24 heavy (non-hydrogen) atoms. The Morgan fingerprint density at radius 2 is 1.83 bits per heavy atom. The van der Waals surface area contributed by atoms with E-state index in [1.165, 1.54) is 16.9 Å². The normalized spacial score (nSPS) is 10.6. The molecule has 3 rings (SSSR count). The third kappa shape index (κ3) is 4.66. The lowest BCUT2D eigenvalue weighted by atomic mass is 10.2. The lowest BCUT2D eigenvalue weighted by Crippen LogP contribution is -2.12. The first-order valence-electron chi connectivity index (χ1n) is 6.88. The lowest BCUT2D eigenvalue weighted by molar-refractivity contribution is 0.102. The van der Waals surface area contributed by atoms with E-state index in [1.807, 2.05) is 30.3 Å². The molecule has 2 aromatic carbocycles. The van der Waals surface area contributed by atoms with Crippen LogP contribution in [0, 0.1) is 0 Å². The fourth-order valence-electron chi connectivity index (χ4n) is 1.85. The number of amides is 1. The van der Waals surface area contributed by atoms with Crippen LogP contribution in [-0.4, -0.2) is 16.1 Å². The largest absolute Gasteiger partial charge is 0.296 e. The number of anilines is 1. The molecule has 0 saturated carbocycles. The molecular weight excluding hydrogens is 474 g/mol. The number of hydrogen-bond donors (Lipinski definition) is 1. The van der Waals surface area contributed by atoms with E-state index >= 15 is 0 Å². The van der Waals surface area contributed by atoms with Crippen molar-refractivity contribution in [3.8, 4) is 0 Å². The van der Waals surface area contributed by atoms with Gasteiger partial charge in [-0.15, -0.1) is 10.2 Å². The monoisotopic (exact) mass is 483 g/mol. The molecule has 1 heterocycles. The van der Waals surface area contributed by atoms with Crippen molar-refractivity contribution in [3.63, 3.8) is 0 Å². The van der Waals surface area contributed by atoms with Crippen molar-refractivity contribution >= 4 is 66.0 Å². The smallest absolute Gasteiger partial charge is 0.258 e. The predicted molar refractivity (Wildman–Crippen MR) is 106 cm³/mol. The van der Waals surface area contributed by atoms with Gasteiger partial charge in [0, 0.05) is 14.7 Å². The number of rotatable bonds is 5. The minimum Gasteiger partial charge on any atom is -0.296 e. The van der Waals surface area contributed by atoms with Gasteiger partial charge in [-0.2, -0.15) is 0 Å². The second-order valence-corrected chi connectivity index (χ2v) is 8.69. The van der Waals surface area contributed by atoms with E-state index < -0.39 is 0 Å². The average Bonchev–Trinajstić information content (AvgIpc) is 3.02. The van der Waals surface area contributed by atoms with Crippen LogP contribution < -0.4 is 5.32 Å². The van der Waals surface area contributed by atoms with Crippen LogP contribution in [0.5, 0.6) is 0 Å². The Morgan fingerprint density at radius 3 is 2.58 bits per heavy atom. The molecule has 1 aromatic heterocycles. The third-order valence-electron chi connectivity index (χ3n) is 3.02. The van der Waals surface area contributed by atoms with Crippen LogP contribution >= 0.6 is 55.0 Å². The minimum absolute atomic E-state index is 0.205. The number of aromatic nitrogens is 2. The van der Waals surface area contributed by atoms with Crippen LogP contribution in [0.15, 0.2) is 61.8 Å². The van der Waals surface area contributed by atoms with Crippen LogP contribution in [0.2, 0.25) is 0 Å². The van der Waals surface area contributed by atoms with Crippen molar-refractivity contribution in [2.75, 3.05) is 5.32 Å². The number of nitrogens with zero attached hydrogens (tertiary/aromatic N) is 2. The zero-order valence-electron chi connectivity index (χ0n) is 12.2. The predicted octanol–water partition coefficient (Wildman–Crippen LogP) is 5.61. The summed E-state index contributed by atoms with van der Waals surface area (Å²) in [5, 5.41) is 11.4. The van der Waals surface area contributed by atoms with E-state index in [4.69, 9.17) is 0 Å². The number of carbonyl (C=O) groups is 1. The van der Waals surface area contributed by atoms with Crippen molar-refractivity contribution < 1.29 is 4.79 Å². The first kappa shape index (κ1) is 17.6. The summed E-state index contributed by atoms with van der Waals surface area (Å²) in [5.74, 6) is 0.600. The summed E-state index contributed by atoms with van der Waals surface area (Å²) in [6.45, 7) is 0. The second-order valence-electron chi connectivity index (χ2n) is 4.72. The Balaban J connectivity index is 1.60. The molecule has 0 atom stereocenters. The van der Waals surface area contributed by atoms with E-state index in [0.717, 1.165) is 19.0 Å². The van der Waals surface area contributed by atoms with Crippen molar-refractivity contribution in [1.29, 1.82) is 0 Å². The van der Waals surface area contributed by atoms with Crippen LogP contribution in [0.1, 0.15) is 15.9 Å². The Morgan fingerprint density at radius 1 is 1.08 bits per heavy atom. The highest BCUT2D eigenvalue weighted by Crippen LogP contribution is 2.29. The maximum absolute atomic E-state index is 12.2. The van der Waals surface area contributed by atoms with Gasteiger partial charge in [0.1, 0.15) is 0 Å². The standard InChI is InChI=1S/C16H11Br2N3OS2/c17-11-7-5-10(6-8-11)9-23-16-21-20-15(24-16)19-14(22)12-3-1-2-4-13(12)18/h1-8H,9H2,(H,19,20,22). The summed E-state index contributed by atoms with van der Waals surface area (Å²) >= 11 is 9.76. The van der Waals surface area contributed by atoms with Gasteiger partial charge in [-0.3, -0.25) is 10.1 Å². The summed E-state index contributed by atoms with van der Waals surface area (Å²) in [7, 11) is 0. The highest BCUT2D eigenvalue weighted by molar-refractivity contribution is 9.10. The number of benzene rings is 2. The second kappa shape index (κ2) is 8.24. The molecule has 0 aliphatic carbocycles. The van der Waals surface area contributed by atoms with Crippen LogP contribution in [0.4, 0.5) is 5.13 Å². The molecule has 1 N–H and O–H groups in total. The molecular formula is C16H11Br2N3OS2. The number of hydrogen-bond acceptors (Lipinski definition) is 5. The first-order chi connectivity index (χ1) is 11.6. The van der Waals surface area contributed by atoms with Gasteiger partial charge in [0.2, 0.25) is 5.13 Å². The SMILES string of the molecule is O=C(Nc1nnc(SCc2ccc(Br)cc2)s1)c1ccccc1Br. The molecule has 3 aromatic rings. The van der Waals surface area contributed by atoms with Gasteiger partial charge in [0.15, 0.2) is 4.34 Å². The zero-order valence-corrected chi connectivity index (χ0v) is 17.0. The van der Waals surface area contributed by atoms with Crippen molar-refractivity contribution in [2.24, 2.45) is 0 Å². The maximum atomic E-state index is 12.2. The highest BCUT2D eigenvalue weighted by Gasteiger charge is 2.12. The Hall–Kier alpha value is -1.22. The number of carbonyl (C=O) groups excluding carboxylic acids is 1. The minimum atomic E-state index is -0.205. The Labute approximate surface area is 164 Å². The van der Waals surface area contributed by atoms with Crippen LogP contribution in [0.25, 0.3) is 0 Å². The van der Waals surface area contributed by atoms with E-state index in [-0.39, 0.29) is 5.91 Å². The zero-order chi connectivity index (χ0) is 16.9. The quantitative estimate of drug-likeness (QED) is 0.377.